The number of carbonyl (C=O) groups is 1. The average molecular weight is 424 g/mol. The molecule has 7 heteroatoms. The van der Waals surface area contributed by atoms with E-state index in [-0.39, 0.29) is 22.2 Å². The van der Waals surface area contributed by atoms with Crippen LogP contribution in [0.5, 0.6) is 0 Å². The molecule has 3 aromatic carbocycles. The van der Waals surface area contributed by atoms with Crippen molar-refractivity contribution in [3.8, 4) is 0 Å². The normalized spacial score (nSPS) is 15.7. The van der Waals surface area contributed by atoms with Gasteiger partial charge in [0, 0.05) is 11.6 Å². The number of halogens is 1. The molecule has 0 fully saturated rings. The number of amides is 1. The molecule has 0 radical (unpaired) electrons. The number of anilines is 2. The van der Waals surface area contributed by atoms with Crippen LogP contribution in [0.3, 0.4) is 0 Å². The van der Waals surface area contributed by atoms with Gasteiger partial charge < -0.3 is 5.32 Å². The van der Waals surface area contributed by atoms with Gasteiger partial charge in [-0.3, -0.25) is 9.10 Å². The van der Waals surface area contributed by atoms with Gasteiger partial charge in [-0.25, -0.2) is 12.8 Å². The SMILES string of the molecule is Cc1ccc(F)c(NC(=O)c2cccc(S(=O)(=O)N3c4ccccc4CC3C)c2)c1. The van der Waals surface area contributed by atoms with E-state index in [1.165, 1.54) is 40.7 Å². The number of carbonyl (C=O) groups excluding carboxylic acids is 1. The first-order chi connectivity index (χ1) is 14.3. The summed E-state index contributed by atoms with van der Waals surface area (Å²) in [5.74, 6) is -1.13. The Balaban J connectivity index is 1.66. The number of benzene rings is 3. The molecular formula is C23H21FN2O3S. The molecule has 30 heavy (non-hydrogen) atoms. The molecule has 1 atom stereocenters. The van der Waals surface area contributed by atoms with Crippen molar-refractivity contribution in [3.63, 3.8) is 0 Å². The second kappa shape index (κ2) is 7.57. The minimum absolute atomic E-state index is 0.0171. The Kier molecular flexibility index (Phi) is 5.07. The van der Waals surface area contributed by atoms with Gasteiger partial charge in [0.2, 0.25) is 0 Å². The molecule has 1 N–H and O–H groups in total. The van der Waals surface area contributed by atoms with E-state index in [4.69, 9.17) is 0 Å². The van der Waals surface area contributed by atoms with Crippen LogP contribution in [0.4, 0.5) is 15.8 Å². The fourth-order valence-corrected chi connectivity index (χ4v) is 5.48. The number of nitrogens with zero attached hydrogens (tertiary/aromatic N) is 1. The molecule has 0 saturated heterocycles. The van der Waals surface area contributed by atoms with Crippen LogP contribution in [0.15, 0.2) is 71.6 Å². The zero-order valence-electron chi connectivity index (χ0n) is 16.6. The van der Waals surface area contributed by atoms with Gasteiger partial charge >= 0.3 is 0 Å². The van der Waals surface area contributed by atoms with Crippen molar-refractivity contribution in [1.82, 2.24) is 0 Å². The summed E-state index contributed by atoms with van der Waals surface area (Å²) < 4.78 is 42.1. The maximum absolute atomic E-state index is 14.0. The second-order valence-corrected chi connectivity index (χ2v) is 9.26. The summed E-state index contributed by atoms with van der Waals surface area (Å²) in [5.41, 5.74) is 2.61. The Morgan fingerprint density at radius 1 is 1.07 bits per heavy atom. The first kappa shape index (κ1) is 20.1. The van der Waals surface area contributed by atoms with Crippen molar-refractivity contribution in [2.75, 3.05) is 9.62 Å². The van der Waals surface area contributed by atoms with E-state index >= 15 is 0 Å². The van der Waals surface area contributed by atoms with Gasteiger partial charge in [-0.15, -0.1) is 0 Å². The quantitative estimate of drug-likeness (QED) is 0.669. The van der Waals surface area contributed by atoms with E-state index in [0.29, 0.717) is 12.1 Å². The molecule has 1 aliphatic heterocycles. The molecular weight excluding hydrogens is 403 g/mol. The highest BCUT2D eigenvalue weighted by atomic mass is 32.2. The Hall–Kier alpha value is -3.19. The maximum Gasteiger partial charge on any atom is 0.264 e. The van der Waals surface area contributed by atoms with Crippen molar-refractivity contribution in [2.45, 2.75) is 31.2 Å². The summed E-state index contributed by atoms with van der Waals surface area (Å²) >= 11 is 0. The van der Waals surface area contributed by atoms with Crippen LogP contribution in [0.2, 0.25) is 0 Å². The van der Waals surface area contributed by atoms with Gasteiger partial charge in [0.1, 0.15) is 5.82 Å². The van der Waals surface area contributed by atoms with E-state index in [9.17, 15) is 17.6 Å². The van der Waals surface area contributed by atoms with E-state index in [1.54, 1.807) is 25.1 Å². The molecule has 0 spiro atoms. The van der Waals surface area contributed by atoms with Crippen LogP contribution >= 0.6 is 0 Å². The molecule has 1 unspecified atom stereocenters. The molecule has 3 aromatic rings. The zero-order valence-corrected chi connectivity index (χ0v) is 17.4. The van der Waals surface area contributed by atoms with Gasteiger partial charge in [-0.2, -0.15) is 0 Å². The number of nitrogens with one attached hydrogen (secondary N) is 1. The standard InChI is InChI=1S/C23H21FN2O3S/c1-15-10-11-20(24)21(12-15)25-23(27)18-7-5-8-19(14-18)30(28,29)26-16(2)13-17-6-3-4-9-22(17)26/h3-12,14,16H,13H2,1-2H3,(H,25,27). The van der Waals surface area contributed by atoms with Gasteiger partial charge in [-0.1, -0.05) is 30.3 Å². The lowest BCUT2D eigenvalue weighted by atomic mass is 10.1. The van der Waals surface area contributed by atoms with Gasteiger partial charge in [0.05, 0.1) is 16.3 Å². The topological polar surface area (TPSA) is 66.5 Å². The van der Waals surface area contributed by atoms with Crippen molar-refractivity contribution in [1.29, 1.82) is 0 Å². The van der Waals surface area contributed by atoms with Gasteiger partial charge in [0.15, 0.2) is 0 Å². The number of hydrogen-bond donors (Lipinski definition) is 1. The molecule has 0 aromatic heterocycles. The number of hydrogen-bond acceptors (Lipinski definition) is 3. The molecule has 0 bridgehead atoms. The van der Waals surface area contributed by atoms with Gasteiger partial charge in [-0.05, 0) is 67.8 Å². The van der Waals surface area contributed by atoms with Crippen LogP contribution in [-0.4, -0.2) is 20.4 Å². The van der Waals surface area contributed by atoms with Crippen molar-refractivity contribution >= 4 is 27.3 Å². The van der Waals surface area contributed by atoms with Crippen LogP contribution in [0.25, 0.3) is 0 Å². The van der Waals surface area contributed by atoms with Crippen molar-refractivity contribution in [3.05, 3.63) is 89.2 Å². The third kappa shape index (κ3) is 3.57. The molecule has 154 valence electrons. The van der Waals surface area contributed by atoms with Crippen LogP contribution in [0, 0.1) is 12.7 Å². The Labute approximate surface area is 175 Å². The lowest BCUT2D eigenvalue weighted by Gasteiger charge is -2.24. The predicted octanol–water partition coefficient (Wildman–Crippen LogP) is 4.53. The largest absolute Gasteiger partial charge is 0.319 e. The molecule has 0 saturated carbocycles. The fourth-order valence-electron chi connectivity index (χ4n) is 3.74. The van der Waals surface area contributed by atoms with Crippen molar-refractivity contribution in [2.24, 2.45) is 0 Å². The smallest absolute Gasteiger partial charge is 0.264 e. The second-order valence-electron chi connectivity index (χ2n) is 7.45. The zero-order chi connectivity index (χ0) is 21.5. The van der Waals surface area contributed by atoms with E-state index in [1.807, 2.05) is 19.1 Å². The summed E-state index contributed by atoms with van der Waals surface area (Å²) in [6.07, 6.45) is 0.627. The van der Waals surface area contributed by atoms with Crippen LogP contribution < -0.4 is 9.62 Å². The summed E-state index contributed by atoms with van der Waals surface area (Å²) in [6, 6.07) is 17.4. The molecule has 5 nitrogen and oxygen atoms in total. The highest BCUT2D eigenvalue weighted by Crippen LogP contribution is 2.36. The molecule has 1 heterocycles. The first-order valence-electron chi connectivity index (χ1n) is 9.57. The van der Waals surface area contributed by atoms with E-state index in [2.05, 4.69) is 5.32 Å². The maximum atomic E-state index is 14.0. The van der Waals surface area contributed by atoms with E-state index < -0.39 is 21.7 Å². The highest BCUT2D eigenvalue weighted by Gasteiger charge is 2.36. The third-order valence-corrected chi connectivity index (χ3v) is 7.09. The third-order valence-electron chi connectivity index (χ3n) is 5.17. The number of sulfonamides is 1. The number of fused-ring (bicyclic) bond motifs is 1. The molecule has 0 aliphatic carbocycles. The fraction of sp³-hybridized carbons (Fsp3) is 0.174. The monoisotopic (exact) mass is 424 g/mol. The predicted molar refractivity (Wildman–Crippen MR) is 115 cm³/mol. The summed E-state index contributed by atoms with van der Waals surface area (Å²) in [5, 5.41) is 2.52. The summed E-state index contributed by atoms with van der Waals surface area (Å²) in [6.45, 7) is 3.64. The summed E-state index contributed by atoms with van der Waals surface area (Å²) in [4.78, 5) is 12.7. The van der Waals surface area contributed by atoms with Crippen LogP contribution in [0.1, 0.15) is 28.4 Å². The highest BCUT2D eigenvalue weighted by molar-refractivity contribution is 7.92. The lowest BCUT2D eigenvalue weighted by Crippen LogP contribution is -2.35. The Morgan fingerprint density at radius 3 is 2.63 bits per heavy atom. The van der Waals surface area contributed by atoms with Gasteiger partial charge in [0.25, 0.3) is 15.9 Å². The Morgan fingerprint density at radius 2 is 1.83 bits per heavy atom. The number of aryl methyl sites for hydroxylation is 1. The average Bonchev–Trinajstić information content (AvgIpc) is 3.07. The summed E-state index contributed by atoms with van der Waals surface area (Å²) in [7, 11) is -3.87. The molecule has 4 rings (SSSR count). The lowest BCUT2D eigenvalue weighted by molar-refractivity contribution is 0.102. The van der Waals surface area contributed by atoms with Crippen LogP contribution in [-0.2, 0) is 16.4 Å². The van der Waals surface area contributed by atoms with E-state index in [0.717, 1.165) is 11.1 Å². The molecule has 1 amide bonds. The van der Waals surface area contributed by atoms with Crippen molar-refractivity contribution < 1.29 is 17.6 Å². The minimum atomic E-state index is -3.87. The number of para-hydroxylation sites is 1. The number of rotatable bonds is 4. The first-order valence-corrected chi connectivity index (χ1v) is 11.0. The minimum Gasteiger partial charge on any atom is -0.319 e. The Bertz CT molecular complexity index is 1240. The molecule has 1 aliphatic rings.